The van der Waals surface area contributed by atoms with Gasteiger partial charge in [0.25, 0.3) is 0 Å². The molecule has 0 radical (unpaired) electrons. The summed E-state index contributed by atoms with van der Waals surface area (Å²) in [5.74, 6) is -0.439. The molecule has 2 aromatic rings. The van der Waals surface area contributed by atoms with Gasteiger partial charge in [-0.05, 0) is 18.6 Å². The summed E-state index contributed by atoms with van der Waals surface area (Å²) in [5, 5.41) is 9.47. The van der Waals surface area contributed by atoms with Crippen LogP contribution in [0.25, 0.3) is 11.5 Å². The molecule has 0 amide bonds. The Balaban J connectivity index is 2.03. The SMILES string of the molecule is O=C(O)C1CCn2c(-c3ccccn3)nc(Cl)c2C1. The molecule has 0 fully saturated rings. The van der Waals surface area contributed by atoms with E-state index in [0.29, 0.717) is 30.4 Å². The van der Waals surface area contributed by atoms with E-state index in [9.17, 15) is 4.79 Å². The molecule has 98 valence electrons. The first kappa shape index (κ1) is 12.2. The van der Waals surface area contributed by atoms with Gasteiger partial charge in [-0.2, -0.15) is 0 Å². The summed E-state index contributed by atoms with van der Waals surface area (Å²) in [6, 6.07) is 5.60. The van der Waals surface area contributed by atoms with Gasteiger partial charge in [-0.15, -0.1) is 0 Å². The predicted octanol–water partition coefficient (Wildman–Crippen LogP) is 2.25. The zero-order chi connectivity index (χ0) is 13.4. The fraction of sp³-hybridized carbons (Fsp3) is 0.308. The highest BCUT2D eigenvalue weighted by Crippen LogP contribution is 2.31. The Morgan fingerprint density at radius 2 is 2.32 bits per heavy atom. The van der Waals surface area contributed by atoms with Crippen molar-refractivity contribution in [1.29, 1.82) is 0 Å². The largest absolute Gasteiger partial charge is 0.481 e. The number of nitrogens with zero attached hydrogens (tertiary/aromatic N) is 3. The molecular formula is C13H12ClN3O2. The van der Waals surface area contributed by atoms with Crippen LogP contribution in [0.15, 0.2) is 24.4 Å². The monoisotopic (exact) mass is 277 g/mol. The van der Waals surface area contributed by atoms with Crippen LogP contribution < -0.4 is 0 Å². The van der Waals surface area contributed by atoms with Crippen LogP contribution in [0.5, 0.6) is 0 Å². The Morgan fingerprint density at radius 1 is 1.47 bits per heavy atom. The third-order valence-corrected chi connectivity index (χ3v) is 3.71. The lowest BCUT2D eigenvalue weighted by atomic mass is 9.96. The maximum Gasteiger partial charge on any atom is 0.306 e. The summed E-state index contributed by atoms with van der Waals surface area (Å²) in [6.45, 7) is 0.609. The number of carboxylic acids is 1. The summed E-state index contributed by atoms with van der Waals surface area (Å²) in [7, 11) is 0. The Bertz CT molecular complexity index is 624. The molecule has 2 aromatic heterocycles. The summed E-state index contributed by atoms with van der Waals surface area (Å²) >= 11 is 6.13. The topological polar surface area (TPSA) is 68.0 Å². The Morgan fingerprint density at radius 3 is 3.00 bits per heavy atom. The zero-order valence-corrected chi connectivity index (χ0v) is 10.8. The van der Waals surface area contributed by atoms with Crippen molar-refractivity contribution in [2.24, 2.45) is 5.92 Å². The van der Waals surface area contributed by atoms with Gasteiger partial charge in [-0.25, -0.2) is 4.98 Å². The first-order chi connectivity index (χ1) is 9.16. The average molecular weight is 278 g/mol. The van der Waals surface area contributed by atoms with E-state index in [2.05, 4.69) is 9.97 Å². The molecular weight excluding hydrogens is 266 g/mol. The molecule has 0 aromatic carbocycles. The van der Waals surface area contributed by atoms with Crippen molar-refractivity contribution in [3.05, 3.63) is 35.2 Å². The molecule has 0 bridgehead atoms. The quantitative estimate of drug-likeness (QED) is 0.914. The molecule has 19 heavy (non-hydrogen) atoms. The molecule has 1 unspecified atom stereocenters. The van der Waals surface area contributed by atoms with Crippen LogP contribution in [-0.4, -0.2) is 25.6 Å². The van der Waals surface area contributed by atoms with E-state index in [1.165, 1.54) is 0 Å². The Hall–Kier alpha value is -1.88. The Kier molecular flexibility index (Phi) is 2.98. The third kappa shape index (κ3) is 2.10. The minimum absolute atomic E-state index is 0.377. The number of pyridine rings is 1. The van der Waals surface area contributed by atoms with Gasteiger partial charge in [-0.3, -0.25) is 9.78 Å². The van der Waals surface area contributed by atoms with E-state index >= 15 is 0 Å². The number of carboxylic acid groups (broad SMARTS) is 1. The third-order valence-electron chi connectivity index (χ3n) is 3.41. The van der Waals surface area contributed by atoms with E-state index in [1.54, 1.807) is 6.20 Å². The number of halogens is 1. The number of carbonyl (C=O) groups is 1. The van der Waals surface area contributed by atoms with Crippen molar-refractivity contribution in [1.82, 2.24) is 14.5 Å². The fourth-order valence-corrected chi connectivity index (χ4v) is 2.67. The molecule has 0 aliphatic carbocycles. The Labute approximate surface area is 114 Å². The number of hydrogen-bond donors (Lipinski definition) is 1. The molecule has 0 saturated heterocycles. The standard InChI is InChI=1S/C13H12ClN3O2/c14-11-10-7-8(13(18)19)4-6-17(10)12(16-11)9-3-1-2-5-15-9/h1-3,5,8H,4,6-7H2,(H,18,19). The van der Waals surface area contributed by atoms with E-state index < -0.39 is 5.97 Å². The lowest BCUT2D eigenvalue weighted by molar-refractivity contribution is -0.142. The molecule has 6 heteroatoms. The first-order valence-corrected chi connectivity index (χ1v) is 6.43. The summed E-state index contributed by atoms with van der Waals surface area (Å²) in [6.07, 6.45) is 2.72. The van der Waals surface area contributed by atoms with Crippen LogP contribution in [0.4, 0.5) is 0 Å². The van der Waals surface area contributed by atoms with Crippen molar-refractivity contribution in [3.8, 4) is 11.5 Å². The van der Waals surface area contributed by atoms with Gasteiger partial charge < -0.3 is 9.67 Å². The highest BCUT2D eigenvalue weighted by molar-refractivity contribution is 6.30. The average Bonchev–Trinajstić information content (AvgIpc) is 2.77. The molecule has 3 heterocycles. The minimum atomic E-state index is -0.775. The second-order valence-electron chi connectivity index (χ2n) is 4.57. The molecule has 1 aliphatic heterocycles. The molecule has 0 saturated carbocycles. The van der Waals surface area contributed by atoms with Crippen LogP contribution in [0.2, 0.25) is 5.15 Å². The molecule has 1 aliphatic rings. The van der Waals surface area contributed by atoms with Gasteiger partial charge in [0.05, 0.1) is 11.6 Å². The second kappa shape index (κ2) is 4.66. The highest BCUT2D eigenvalue weighted by atomic mass is 35.5. The molecule has 5 nitrogen and oxygen atoms in total. The van der Waals surface area contributed by atoms with Crippen molar-refractivity contribution in [3.63, 3.8) is 0 Å². The summed E-state index contributed by atoms with van der Waals surface area (Å²) in [4.78, 5) is 19.7. The van der Waals surface area contributed by atoms with Crippen LogP contribution in [-0.2, 0) is 17.8 Å². The van der Waals surface area contributed by atoms with Crippen LogP contribution in [0, 0.1) is 5.92 Å². The van der Waals surface area contributed by atoms with Gasteiger partial charge >= 0.3 is 5.97 Å². The molecule has 1 N–H and O–H groups in total. The maximum absolute atomic E-state index is 11.1. The number of imidazole rings is 1. The van der Waals surface area contributed by atoms with Crippen LogP contribution in [0.1, 0.15) is 12.1 Å². The zero-order valence-electron chi connectivity index (χ0n) is 10.1. The van der Waals surface area contributed by atoms with Crippen LogP contribution >= 0.6 is 11.6 Å². The van der Waals surface area contributed by atoms with E-state index in [4.69, 9.17) is 16.7 Å². The smallest absolute Gasteiger partial charge is 0.306 e. The molecule has 0 spiro atoms. The van der Waals surface area contributed by atoms with E-state index in [-0.39, 0.29) is 5.92 Å². The number of aromatic nitrogens is 3. The first-order valence-electron chi connectivity index (χ1n) is 6.06. The maximum atomic E-state index is 11.1. The molecule has 3 rings (SSSR count). The lowest BCUT2D eigenvalue weighted by Gasteiger charge is -2.21. The highest BCUT2D eigenvalue weighted by Gasteiger charge is 2.29. The molecule has 1 atom stereocenters. The number of hydrogen-bond acceptors (Lipinski definition) is 3. The summed E-state index contributed by atoms with van der Waals surface area (Å²) < 4.78 is 1.98. The normalized spacial score (nSPS) is 18.1. The van der Waals surface area contributed by atoms with Crippen molar-refractivity contribution < 1.29 is 9.90 Å². The number of rotatable bonds is 2. The van der Waals surface area contributed by atoms with Gasteiger partial charge in [0.15, 0.2) is 11.0 Å². The lowest BCUT2D eigenvalue weighted by Crippen LogP contribution is -2.25. The van der Waals surface area contributed by atoms with Crippen molar-refractivity contribution >= 4 is 17.6 Å². The van der Waals surface area contributed by atoms with E-state index in [1.807, 2.05) is 22.8 Å². The minimum Gasteiger partial charge on any atom is -0.481 e. The predicted molar refractivity (Wildman–Crippen MR) is 69.9 cm³/mol. The van der Waals surface area contributed by atoms with Crippen molar-refractivity contribution in [2.45, 2.75) is 19.4 Å². The van der Waals surface area contributed by atoms with Gasteiger partial charge in [0, 0.05) is 19.2 Å². The van der Waals surface area contributed by atoms with Crippen LogP contribution in [0.3, 0.4) is 0 Å². The van der Waals surface area contributed by atoms with Crippen molar-refractivity contribution in [2.75, 3.05) is 0 Å². The fourth-order valence-electron chi connectivity index (χ4n) is 2.41. The number of aliphatic carboxylic acids is 1. The second-order valence-corrected chi connectivity index (χ2v) is 4.93. The summed E-state index contributed by atoms with van der Waals surface area (Å²) in [5.41, 5.74) is 1.55. The number of fused-ring (bicyclic) bond motifs is 1. The van der Waals surface area contributed by atoms with Gasteiger partial charge in [-0.1, -0.05) is 17.7 Å². The van der Waals surface area contributed by atoms with Gasteiger partial charge in [0.1, 0.15) is 5.69 Å². The van der Waals surface area contributed by atoms with E-state index in [0.717, 1.165) is 11.4 Å². The van der Waals surface area contributed by atoms with Gasteiger partial charge in [0.2, 0.25) is 0 Å².